The quantitative estimate of drug-likeness (QED) is 0.167. The van der Waals surface area contributed by atoms with Gasteiger partial charge < -0.3 is 4.74 Å². The molecule has 0 radical (unpaired) electrons. The summed E-state index contributed by atoms with van der Waals surface area (Å²) in [6.45, 7) is 2.13. The number of halogens is 2. The standard InChI is InChI=1S/C22H25Br2NO4/c1-2-3-4-5-6-16(26)29-13-9-7-12(8-10-13)25-21(27)17-14-11-15(18(17)22(25)28)20(24)19(14)23/h7-10,14-15,17-20H,2-6,11H2,1H3/t14-,15-,17-,18+,19+,20+/m1/s1. The highest BCUT2D eigenvalue weighted by molar-refractivity contribution is 9.12. The van der Waals surface area contributed by atoms with E-state index >= 15 is 0 Å². The molecule has 0 unspecified atom stereocenters. The molecule has 2 amide bonds. The van der Waals surface area contributed by atoms with Gasteiger partial charge in [0, 0.05) is 16.1 Å². The fourth-order valence-electron chi connectivity index (χ4n) is 5.15. The number of ether oxygens (including phenoxy) is 1. The zero-order chi connectivity index (χ0) is 20.7. The molecule has 0 spiro atoms. The Labute approximate surface area is 187 Å². The Hall–Kier alpha value is -1.21. The summed E-state index contributed by atoms with van der Waals surface area (Å²) in [6, 6.07) is 6.69. The number of fused-ring (bicyclic) bond motifs is 5. The number of amides is 2. The van der Waals surface area contributed by atoms with Gasteiger partial charge in [-0.15, -0.1) is 0 Å². The van der Waals surface area contributed by atoms with Crippen molar-refractivity contribution in [3.05, 3.63) is 24.3 Å². The molecular formula is C22H25Br2NO4. The Bertz CT molecular complexity index is 780. The molecule has 1 aliphatic heterocycles. The third-order valence-corrected chi connectivity index (χ3v) is 9.75. The highest BCUT2D eigenvalue weighted by atomic mass is 79.9. The van der Waals surface area contributed by atoms with Gasteiger partial charge in [0.15, 0.2) is 0 Å². The average Bonchev–Trinajstić information content (AvgIpc) is 3.31. The molecule has 3 aliphatic rings. The number of anilines is 1. The van der Waals surface area contributed by atoms with Gasteiger partial charge in [-0.3, -0.25) is 19.3 Å². The smallest absolute Gasteiger partial charge is 0.311 e. The zero-order valence-electron chi connectivity index (χ0n) is 16.4. The Morgan fingerprint density at radius 3 is 2.14 bits per heavy atom. The van der Waals surface area contributed by atoms with Gasteiger partial charge in [0.25, 0.3) is 0 Å². The summed E-state index contributed by atoms with van der Waals surface area (Å²) < 4.78 is 5.37. The van der Waals surface area contributed by atoms with Crippen molar-refractivity contribution in [2.45, 2.75) is 55.1 Å². The number of benzene rings is 1. The fourth-order valence-corrected chi connectivity index (χ4v) is 7.02. The molecule has 2 aliphatic carbocycles. The first-order valence-electron chi connectivity index (χ1n) is 10.4. The van der Waals surface area contributed by atoms with Crippen molar-refractivity contribution in [2.75, 3.05) is 4.90 Å². The number of esters is 1. The van der Waals surface area contributed by atoms with Crippen LogP contribution in [0.25, 0.3) is 0 Å². The molecule has 1 saturated heterocycles. The van der Waals surface area contributed by atoms with E-state index in [4.69, 9.17) is 4.74 Å². The second-order valence-corrected chi connectivity index (χ2v) is 10.4. The second kappa shape index (κ2) is 8.50. The van der Waals surface area contributed by atoms with Crippen molar-refractivity contribution in [2.24, 2.45) is 23.7 Å². The molecule has 29 heavy (non-hydrogen) atoms. The Kier molecular flexibility index (Phi) is 6.17. The van der Waals surface area contributed by atoms with Crippen molar-refractivity contribution >= 4 is 55.3 Å². The van der Waals surface area contributed by atoms with Gasteiger partial charge in [0.05, 0.1) is 17.5 Å². The van der Waals surface area contributed by atoms with Gasteiger partial charge in [0.1, 0.15) is 5.75 Å². The molecule has 0 N–H and O–H groups in total. The third kappa shape index (κ3) is 3.69. The summed E-state index contributed by atoms with van der Waals surface area (Å²) >= 11 is 7.40. The second-order valence-electron chi connectivity index (χ2n) is 8.29. The number of imide groups is 1. The maximum absolute atomic E-state index is 13.1. The van der Waals surface area contributed by atoms with Crippen molar-refractivity contribution in [3.63, 3.8) is 0 Å². The van der Waals surface area contributed by atoms with E-state index in [1.165, 1.54) is 4.90 Å². The molecule has 156 valence electrons. The first-order chi connectivity index (χ1) is 13.9. The molecule has 3 fully saturated rings. The van der Waals surface area contributed by atoms with Crippen LogP contribution in [0.15, 0.2) is 24.3 Å². The van der Waals surface area contributed by atoms with Crippen molar-refractivity contribution in [3.8, 4) is 5.75 Å². The van der Waals surface area contributed by atoms with Crippen LogP contribution >= 0.6 is 31.9 Å². The molecule has 7 heteroatoms. The molecule has 2 bridgehead atoms. The van der Waals surface area contributed by atoms with Crippen LogP contribution in [0, 0.1) is 23.7 Å². The van der Waals surface area contributed by atoms with Gasteiger partial charge in [0.2, 0.25) is 11.8 Å². The average molecular weight is 527 g/mol. The van der Waals surface area contributed by atoms with Crippen LogP contribution in [0.2, 0.25) is 0 Å². The molecular weight excluding hydrogens is 502 g/mol. The molecule has 2 saturated carbocycles. The monoisotopic (exact) mass is 525 g/mol. The first-order valence-corrected chi connectivity index (χ1v) is 12.2. The lowest BCUT2D eigenvalue weighted by molar-refractivity contribution is -0.134. The van der Waals surface area contributed by atoms with Gasteiger partial charge >= 0.3 is 5.97 Å². The Morgan fingerprint density at radius 1 is 1.00 bits per heavy atom. The SMILES string of the molecule is CCCCCCC(=O)Oc1ccc(N2C(=O)[C@@H]3[C@H]4C[C@@H]([C@H](Br)[C@H]4Br)[C@@H]3C2=O)cc1. The van der Waals surface area contributed by atoms with E-state index in [-0.39, 0.29) is 51.1 Å². The zero-order valence-corrected chi connectivity index (χ0v) is 19.5. The van der Waals surface area contributed by atoms with Crippen molar-refractivity contribution in [1.29, 1.82) is 0 Å². The van der Waals surface area contributed by atoms with Gasteiger partial charge in [-0.25, -0.2) is 0 Å². The number of carbonyl (C=O) groups is 3. The van der Waals surface area contributed by atoms with Gasteiger partial charge in [-0.2, -0.15) is 0 Å². The Balaban J connectivity index is 1.42. The molecule has 1 aromatic rings. The van der Waals surface area contributed by atoms with Crippen LogP contribution in [0.5, 0.6) is 5.75 Å². The van der Waals surface area contributed by atoms with E-state index < -0.39 is 0 Å². The third-order valence-electron chi connectivity index (χ3n) is 6.55. The van der Waals surface area contributed by atoms with Crippen LogP contribution in [0.1, 0.15) is 45.4 Å². The van der Waals surface area contributed by atoms with Crippen LogP contribution in [-0.4, -0.2) is 27.4 Å². The number of carbonyl (C=O) groups excluding carboxylic acids is 3. The molecule has 4 rings (SSSR count). The lowest BCUT2D eigenvalue weighted by atomic mass is 9.81. The van der Waals surface area contributed by atoms with E-state index in [1.54, 1.807) is 24.3 Å². The number of alkyl halides is 2. The molecule has 0 aromatic heterocycles. The molecule has 1 heterocycles. The van der Waals surface area contributed by atoms with E-state index in [0.29, 0.717) is 17.9 Å². The van der Waals surface area contributed by atoms with E-state index in [0.717, 1.165) is 32.1 Å². The summed E-state index contributed by atoms with van der Waals surface area (Å²) in [5, 5.41) is 0. The number of unbranched alkanes of at least 4 members (excludes halogenated alkanes) is 3. The van der Waals surface area contributed by atoms with Crippen molar-refractivity contribution < 1.29 is 19.1 Å². The van der Waals surface area contributed by atoms with Gasteiger partial charge in [-0.1, -0.05) is 58.0 Å². The summed E-state index contributed by atoms with van der Waals surface area (Å²) in [7, 11) is 0. The number of nitrogens with zero attached hydrogens (tertiary/aromatic N) is 1. The van der Waals surface area contributed by atoms with Crippen LogP contribution in [0.3, 0.4) is 0 Å². The highest BCUT2D eigenvalue weighted by Crippen LogP contribution is 2.60. The minimum atomic E-state index is -0.250. The lowest BCUT2D eigenvalue weighted by Gasteiger charge is -2.28. The molecule has 6 atom stereocenters. The number of hydrogen-bond donors (Lipinski definition) is 0. The lowest BCUT2D eigenvalue weighted by Crippen LogP contribution is -2.37. The van der Waals surface area contributed by atoms with E-state index in [1.807, 2.05) is 0 Å². The summed E-state index contributed by atoms with van der Waals surface area (Å²) in [5.41, 5.74) is 0.550. The van der Waals surface area contributed by atoms with Crippen molar-refractivity contribution in [1.82, 2.24) is 0 Å². The number of rotatable bonds is 7. The van der Waals surface area contributed by atoms with Gasteiger partial charge in [-0.05, 0) is 48.9 Å². The van der Waals surface area contributed by atoms with Crippen LogP contribution < -0.4 is 9.64 Å². The summed E-state index contributed by atoms with van der Waals surface area (Å²) in [6.07, 6.45) is 5.42. The predicted octanol–water partition coefficient (Wildman–Crippen LogP) is 4.84. The van der Waals surface area contributed by atoms with E-state index in [9.17, 15) is 14.4 Å². The minimum absolute atomic E-state index is 0.1000. The highest BCUT2D eigenvalue weighted by Gasteiger charge is 2.66. The normalized spacial score (nSPS) is 32.7. The predicted molar refractivity (Wildman–Crippen MR) is 117 cm³/mol. The topological polar surface area (TPSA) is 63.7 Å². The largest absolute Gasteiger partial charge is 0.427 e. The molecule has 5 nitrogen and oxygen atoms in total. The minimum Gasteiger partial charge on any atom is -0.427 e. The summed E-state index contributed by atoms with van der Waals surface area (Å²) in [5.74, 6) is -0.0752. The number of hydrogen-bond acceptors (Lipinski definition) is 4. The summed E-state index contributed by atoms with van der Waals surface area (Å²) in [4.78, 5) is 39.8. The Morgan fingerprint density at radius 2 is 1.59 bits per heavy atom. The first kappa shape index (κ1) is 21.0. The maximum Gasteiger partial charge on any atom is 0.311 e. The fraction of sp³-hybridized carbons (Fsp3) is 0.591. The molecule has 1 aromatic carbocycles. The maximum atomic E-state index is 13.1. The van der Waals surface area contributed by atoms with Crippen LogP contribution in [0.4, 0.5) is 5.69 Å². The van der Waals surface area contributed by atoms with E-state index in [2.05, 4.69) is 38.8 Å². The van der Waals surface area contributed by atoms with Crippen LogP contribution in [-0.2, 0) is 14.4 Å².